The molecule has 3 aliphatic carbocycles. The fourth-order valence-corrected chi connectivity index (χ4v) is 15.1. The maximum Gasteiger partial charge on any atom is 0.336 e. The summed E-state index contributed by atoms with van der Waals surface area (Å²) >= 11 is 26.2. The van der Waals surface area contributed by atoms with E-state index in [9.17, 15) is 82.6 Å². The number of hydrogen-bond acceptors (Lipinski definition) is 12. The van der Waals surface area contributed by atoms with Crippen LogP contribution in [0.2, 0.25) is 20.1 Å². The number of halogens is 9. The molecule has 7 N–H and O–H groups in total. The topological polar surface area (TPSA) is 295 Å². The van der Waals surface area contributed by atoms with Gasteiger partial charge in [-0.1, -0.05) is 116 Å². The zero-order chi connectivity index (χ0) is 79.4. The zero-order valence-electron chi connectivity index (χ0n) is 58.9. The minimum atomic E-state index is -1.46. The average molecular weight is 1630 g/mol. The highest BCUT2D eigenvalue weighted by Crippen LogP contribution is 2.46. The SMILES string of the molecule is CC1CCC(C(=O)c2cc(F)c(C(=O)c3ccc(Cl)cc3)c(C(=O)O)c2)CC1.CCC(O)(c1cc(F)c(C(=O)c2ccc(Cl)cc2)c(C(=O)O)c1)C1CCC(C)CC1.CCC(O)(c1cc(F)c(C(=O)c2ccc(Cl)cc2)c(C(=O)O)c1)C1CCC(O)CC1.O=C(O)c1cc(Br)cc(F)c1C(=O)c1ccc(Cl)cc1. The van der Waals surface area contributed by atoms with Crippen LogP contribution >= 0.6 is 62.3 Å². The van der Waals surface area contributed by atoms with Gasteiger partial charge in [-0.25, -0.2) is 36.7 Å². The summed E-state index contributed by atoms with van der Waals surface area (Å²) in [6.45, 7) is 7.85. The summed E-state index contributed by atoms with van der Waals surface area (Å²) in [5.41, 5.74) is -5.83. The summed E-state index contributed by atoms with van der Waals surface area (Å²) < 4.78 is 59.3. The van der Waals surface area contributed by atoms with Crippen LogP contribution < -0.4 is 0 Å². The minimum Gasteiger partial charge on any atom is -0.478 e. The fourth-order valence-electron chi connectivity index (χ4n) is 14.1. The number of aliphatic hydroxyl groups excluding tert-OH is 1. The van der Waals surface area contributed by atoms with Crippen LogP contribution in [0.3, 0.4) is 0 Å². The van der Waals surface area contributed by atoms with E-state index in [1.807, 2.05) is 6.92 Å². The minimum absolute atomic E-state index is 0.00195. The first kappa shape index (κ1) is 84.8. The largest absolute Gasteiger partial charge is 0.478 e. The molecule has 0 spiro atoms. The number of carbonyl (C=O) groups excluding carboxylic acids is 5. The van der Waals surface area contributed by atoms with Gasteiger partial charge in [-0.05, 0) is 245 Å². The predicted molar refractivity (Wildman–Crippen MR) is 404 cm³/mol. The van der Waals surface area contributed by atoms with Gasteiger partial charge in [0.05, 0.1) is 61.8 Å². The average Bonchev–Trinajstić information content (AvgIpc) is 0.772. The molecule has 2 atom stereocenters. The lowest BCUT2D eigenvalue weighted by molar-refractivity contribution is -0.0560. The van der Waals surface area contributed by atoms with Crippen LogP contribution in [0, 0.1) is 52.9 Å². The monoisotopic (exact) mass is 1620 g/mol. The molecule has 8 aromatic carbocycles. The van der Waals surface area contributed by atoms with Crippen molar-refractivity contribution in [2.45, 2.75) is 135 Å². The first-order valence-electron chi connectivity index (χ1n) is 34.8. The third kappa shape index (κ3) is 20.2. The van der Waals surface area contributed by atoms with Crippen molar-refractivity contribution in [1.29, 1.82) is 0 Å². The molecule has 568 valence electrons. The van der Waals surface area contributed by atoms with Crippen LogP contribution in [0.4, 0.5) is 17.6 Å². The molecule has 2 unspecified atom stereocenters. The first-order chi connectivity index (χ1) is 51.0. The zero-order valence-corrected chi connectivity index (χ0v) is 63.5. The Bertz CT molecular complexity index is 4550. The van der Waals surface area contributed by atoms with Gasteiger partial charge in [-0.15, -0.1) is 0 Å². The van der Waals surface area contributed by atoms with Gasteiger partial charge in [-0.2, -0.15) is 0 Å². The Morgan fingerprint density at radius 3 is 0.954 bits per heavy atom. The summed E-state index contributed by atoms with van der Waals surface area (Å²) in [6, 6.07) is 32.1. The van der Waals surface area contributed by atoms with E-state index in [4.69, 9.17) is 51.5 Å². The lowest BCUT2D eigenvalue weighted by atomic mass is 9.69. The molecule has 8 aromatic rings. The van der Waals surface area contributed by atoms with Crippen molar-refractivity contribution in [1.82, 2.24) is 0 Å². The number of aliphatic hydroxyl groups is 3. The molecule has 3 fully saturated rings. The molecule has 0 aromatic heterocycles. The number of Topliss-reactive ketones (excluding diaryl/α,β-unsaturated/α-hetero) is 1. The van der Waals surface area contributed by atoms with Crippen molar-refractivity contribution in [2.24, 2.45) is 29.6 Å². The summed E-state index contributed by atoms with van der Waals surface area (Å²) in [5.74, 6) is -12.2. The molecule has 108 heavy (non-hydrogen) atoms. The van der Waals surface area contributed by atoms with Crippen molar-refractivity contribution in [3.63, 3.8) is 0 Å². The number of ketones is 5. The number of carbonyl (C=O) groups is 9. The summed E-state index contributed by atoms with van der Waals surface area (Å²) in [6.07, 6.45) is 9.04. The van der Waals surface area contributed by atoms with Crippen LogP contribution in [0.5, 0.6) is 0 Å². The standard InChI is InChI=1S/C24H26ClFO4.C23H24ClFO5.C22H20ClFO4.C14H7BrClFO3/c1-3-24(30,16-8-4-14(2)5-9-16)17-12-19(23(28)29)21(20(26)13-17)22(27)15-6-10-18(25)11-7-15;1-2-23(30,14-5-9-17(26)10-6-14)15-11-18(22(28)29)20(19(25)12-15)21(27)13-3-7-16(24)8-4-13;1-12-2-4-13(5-3-12)20(25)15-10-17(22(27)28)19(18(24)11-15)21(26)14-6-8-16(23)9-7-14;15-8-5-10(14(19)20)12(11(17)6-8)13(18)7-1-3-9(16)4-2-7/h6-7,10-14,16,30H,3-5,8-9H2,1-2H3,(H,28,29);3-4,7-8,11-12,14,17,26,30H,2,5-6,9-10H2,1H3,(H,28,29);6-13H,2-5H2,1H3,(H,27,28);1-6H,(H,19,20). The Balaban J connectivity index is 0.000000183. The van der Waals surface area contributed by atoms with Gasteiger partial charge in [0, 0.05) is 58.3 Å². The van der Waals surface area contributed by atoms with Crippen molar-refractivity contribution in [3.8, 4) is 0 Å². The third-order valence-electron chi connectivity index (χ3n) is 20.4. The van der Waals surface area contributed by atoms with Gasteiger partial charge < -0.3 is 35.7 Å². The molecule has 0 bridgehead atoms. The molecular formula is C83H77BrCl4F4O16. The number of carboxylic acids is 4. The molecule has 0 saturated heterocycles. The van der Waals surface area contributed by atoms with Crippen LogP contribution in [0.25, 0.3) is 0 Å². The smallest absolute Gasteiger partial charge is 0.336 e. The van der Waals surface area contributed by atoms with Gasteiger partial charge in [0.1, 0.15) is 23.3 Å². The Morgan fingerprint density at radius 2 is 0.648 bits per heavy atom. The highest BCUT2D eigenvalue weighted by atomic mass is 79.9. The Morgan fingerprint density at radius 1 is 0.380 bits per heavy atom. The number of hydrogen-bond donors (Lipinski definition) is 7. The van der Waals surface area contributed by atoms with E-state index < -0.39 is 132 Å². The Kier molecular flexibility index (Phi) is 29.1. The van der Waals surface area contributed by atoms with Gasteiger partial charge in [-0.3, -0.25) is 24.0 Å². The Labute approximate surface area is 648 Å². The van der Waals surface area contributed by atoms with Crippen molar-refractivity contribution >= 4 is 115 Å². The van der Waals surface area contributed by atoms with Crippen LogP contribution in [0.15, 0.2) is 150 Å². The van der Waals surface area contributed by atoms with Gasteiger partial charge in [0.2, 0.25) is 0 Å². The van der Waals surface area contributed by atoms with Crippen LogP contribution in [0.1, 0.15) is 244 Å². The molecule has 0 amide bonds. The van der Waals surface area contributed by atoms with E-state index in [2.05, 4.69) is 29.8 Å². The molecule has 11 rings (SSSR count). The molecule has 3 aliphatic rings. The van der Waals surface area contributed by atoms with E-state index in [1.165, 1.54) is 115 Å². The van der Waals surface area contributed by atoms with Crippen molar-refractivity contribution in [3.05, 3.63) is 277 Å². The maximum absolute atomic E-state index is 15.2. The predicted octanol–water partition coefficient (Wildman–Crippen LogP) is 20.0. The first-order valence-corrected chi connectivity index (χ1v) is 37.1. The second-order valence-electron chi connectivity index (χ2n) is 27.4. The summed E-state index contributed by atoms with van der Waals surface area (Å²) in [7, 11) is 0. The lowest BCUT2D eigenvalue weighted by Gasteiger charge is -2.40. The normalized spacial score (nSPS) is 18.6. The lowest BCUT2D eigenvalue weighted by Crippen LogP contribution is -2.38. The van der Waals surface area contributed by atoms with Gasteiger partial charge >= 0.3 is 23.9 Å². The van der Waals surface area contributed by atoms with E-state index in [0.29, 0.717) is 76.9 Å². The highest BCUT2D eigenvalue weighted by molar-refractivity contribution is 9.10. The molecule has 0 radical (unpaired) electrons. The molecule has 0 aliphatic heterocycles. The quantitative estimate of drug-likeness (QED) is 0.0276. The highest BCUT2D eigenvalue weighted by Gasteiger charge is 2.43. The molecule has 0 heterocycles. The number of rotatable bonds is 20. The van der Waals surface area contributed by atoms with Crippen molar-refractivity contribution < 1.29 is 96.5 Å². The van der Waals surface area contributed by atoms with E-state index in [1.54, 1.807) is 6.92 Å². The molecule has 25 heteroatoms. The summed E-state index contributed by atoms with van der Waals surface area (Å²) in [5, 5.41) is 72.2. The van der Waals surface area contributed by atoms with Gasteiger partial charge in [0.15, 0.2) is 28.9 Å². The van der Waals surface area contributed by atoms with Crippen LogP contribution in [-0.4, -0.2) is 94.6 Å². The summed E-state index contributed by atoms with van der Waals surface area (Å²) in [4.78, 5) is 110. The number of carboxylic acid groups (broad SMARTS) is 4. The third-order valence-corrected chi connectivity index (χ3v) is 21.9. The second-order valence-corrected chi connectivity index (χ2v) is 30.0. The van der Waals surface area contributed by atoms with Crippen molar-refractivity contribution in [2.75, 3.05) is 0 Å². The Hall–Kier alpha value is -8.77. The molecular weight excluding hydrogens is 1550 g/mol. The molecule has 16 nitrogen and oxygen atoms in total. The number of benzene rings is 8. The number of aromatic carboxylic acids is 4. The second kappa shape index (κ2) is 37.1. The van der Waals surface area contributed by atoms with E-state index in [0.717, 1.165) is 68.9 Å². The maximum atomic E-state index is 15.2. The van der Waals surface area contributed by atoms with Gasteiger partial charge in [0.25, 0.3) is 0 Å². The fraction of sp³-hybridized carbons (Fsp3) is 0.313. The molecule has 3 saturated carbocycles. The van der Waals surface area contributed by atoms with E-state index in [-0.39, 0.29) is 73.4 Å². The van der Waals surface area contributed by atoms with E-state index >= 15 is 8.78 Å². The van der Waals surface area contributed by atoms with Crippen LogP contribution in [-0.2, 0) is 11.2 Å².